The van der Waals surface area contributed by atoms with E-state index in [2.05, 4.69) is 4.98 Å². The molecule has 1 aliphatic rings. The number of hydrogen-bond acceptors (Lipinski definition) is 7. The summed E-state index contributed by atoms with van der Waals surface area (Å²) in [6.07, 6.45) is 0.478. The number of ketones is 2. The zero-order chi connectivity index (χ0) is 22.2. The zero-order valence-electron chi connectivity index (χ0n) is 17.7. The third-order valence-electron chi connectivity index (χ3n) is 5.28. The first-order valence-electron chi connectivity index (χ1n) is 9.54. The quantitative estimate of drug-likeness (QED) is 0.552. The van der Waals surface area contributed by atoms with Crippen molar-refractivity contribution in [3.05, 3.63) is 45.7 Å². The van der Waals surface area contributed by atoms with Gasteiger partial charge in [-0.25, -0.2) is 0 Å². The molecule has 7 nitrogen and oxygen atoms in total. The molecule has 0 bridgehead atoms. The Morgan fingerprint density at radius 2 is 1.93 bits per heavy atom. The molecule has 0 amide bonds. The highest BCUT2D eigenvalue weighted by Gasteiger charge is 2.41. The Labute approximate surface area is 180 Å². The Bertz CT molecular complexity index is 1010. The molecular formula is C22H25ClN2O5. The van der Waals surface area contributed by atoms with E-state index in [9.17, 15) is 14.7 Å². The number of methoxy groups -OCH3 is 2. The maximum Gasteiger partial charge on any atom is 0.181 e. The summed E-state index contributed by atoms with van der Waals surface area (Å²) in [6.45, 7) is 2.49. The van der Waals surface area contributed by atoms with Crippen LogP contribution >= 0.6 is 11.6 Å². The Hall–Kier alpha value is -2.64. The van der Waals surface area contributed by atoms with Crippen LogP contribution in [-0.4, -0.2) is 54.9 Å². The fourth-order valence-corrected chi connectivity index (χ4v) is 4.09. The van der Waals surface area contributed by atoms with Crippen LogP contribution in [0.1, 0.15) is 39.0 Å². The number of benzene rings is 1. The Kier molecular flexibility index (Phi) is 6.33. The number of Topliss-reactive ketones (excluding diaryl/α,β-unsaturated/α-hetero) is 2. The molecule has 1 aliphatic carbocycles. The van der Waals surface area contributed by atoms with Gasteiger partial charge in [0.25, 0.3) is 0 Å². The molecule has 0 fully saturated rings. The summed E-state index contributed by atoms with van der Waals surface area (Å²) in [5.74, 6) is -2.30. The van der Waals surface area contributed by atoms with E-state index in [0.717, 1.165) is 5.69 Å². The summed E-state index contributed by atoms with van der Waals surface area (Å²) >= 11 is 6.14. The summed E-state index contributed by atoms with van der Waals surface area (Å²) < 4.78 is 10.4. The van der Waals surface area contributed by atoms with E-state index in [-0.39, 0.29) is 33.8 Å². The highest BCUT2D eigenvalue weighted by molar-refractivity contribution is 6.34. The van der Waals surface area contributed by atoms with Crippen LogP contribution < -0.4 is 9.47 Å². The van der Waals surface area contributed by atoms with Gasteiger partial charge in [-0.15, -0.1) is 0 Å². The molecule has 30 heavy (non-hydrogen) atoms. The minimum Gasteiger partial charge on any atom is -0.505 e. The number of halogens is 1. The van der Waals surface area contributed by atoms with Gasteiger partial charge in [0, 0.05) is 18.2 Å². The van der Waals surface area contributed by atoms with Crippen LogP contribution in [0.2, 0.25) is 5.02 Å². The largest absolute Gasteiger partial charge is 0.505 e. The van der Waals surface area contributed by atoms with Crippen molar-refractivity contribution in [2.24, 2.45) is 11.8 Å². The summed E-state index contributed by atoms with van der Waals surface area (Å²) in [7, 11) is 6.66. The van der Waals surface area contributed by atoms with Gasteiger partial charge in [0.15, 0.2) is 17.3 Å². The van der Waals surface area contributed by atoms with Crippen molar-refractivity contribution in [2.75, 3.05) is 28.3 Å². The second-order valence-corrected chi connectivity index (χ2v) is 8.12. The number of aromatic nitrogens is 1. The molecule has 0 spiro atoms. The van der Waals surface area contributed by atoms with E-state index >= 15 is 0 Å². The third kappa shape index (κ3) is 3.87. The van der Waals surface area contributed by atoms with Crippen LogP contribution in [0.4, 0.5) is 0 Å². The number of carbonyl (C=O) groups excluding carboxylic acids is 2. The minimum absolute atomic E-state index is 0.101. The van der Waals surface area contributed by atoms with Crippen molar-refractivity contribution in [1.82, 2.24) is 9.88 Å². The standard InChI is InChI=1S/C22H25ClN2O5/c1-11-8-14-13(7-6-12(24-14)10-25(2)3)20(26)17(11)21(27)18-15(29-4)9-16(30-5)19(23)22(18)28/h6-7,9,11,17,28H,8,10H2,1-5H3. The monoisotopic (exact) mass is 432 g/mol. The van der Waals surface area contributed by atoms with Gasteiger partial charge in [0.05, 0.1) is 31.5 Å². The Morgan fingerprint density at radius 1 is 1.27 bits per heavy atom. The highest BCUT2D eigenvalue weighted by atomic mass is 35.5. The number of carbonyl (C=O) groups is 2. The maximum absolute atomic E-state index is 13.4. The Balaban J connectivity index is 2.02. The molecule has 1 aromatic carbocycles. The van der Waals surface area contributed by atoms with Crippen LogP contribution in [-0.2, 0) is 13.0 Å². The van der Waals surface area contributed by atoms with Crippen molar-refractivity contribution in [3.8, 4) is 17.2 Å². The number of pyridine rings is 1. The first-order valence-corrected chi connectivity index (χ1v) is 9.92. The molecule has 0 radical (unpaired) electrons. The SMILES string of the molecule is COc1cc(OC)c(C(=O)C2C(=O)c3ccc(CN(C)C)nc3CC2C)c(O)c1Cl. The fraction of sp³-hybridized carbons (Fsp3) is 0.409. The van der Waals surface area contributed by atoms with Gasteiger partial charge < -0.3 is 19.5 Å². The van der Waals surface area contributed by atoms with E-state index in [1.165, 1.54) is 20.3 Å². The number of fused-ring (bicyclic) bond motifs is 1. The van der Waals surface area contributed by atoms with Crippen molar-refractivity contribution in [1.29, 1.82) is 0 Å². The van der Waals surface area contributed by atoms with E-state index < -0.39 is 17.5 Å². The lowest BCUT2D eigenvalue weighted by Gasteiger charge is -2.29. The van der Waals surface area contributed by atoms with Gasteiger partial charge in [0.2, 0.25) is 0 Å². The molecule has 2 atom stereocenters. The summed E-state index contributed by atoms with van der Waals surface area (Å²) in [5, 5.41) is 10.5. The molecule has 2 unspecified atom stereocenters. The van der Waals surface area contributed by atoms with Crippen LogP contribution in [0.3, 0.4) is 0 Å². The highest BCUT2D eigenvalue weighted by Crippen LogP contribution is 2.44. The minimum atomic E-state index is -0.969. The second kappa shape index (κ2) is 8.62. The molecule has 1 heterocycles. The lowest BCUT2D eigenvalue weighted by Crippen LogP contribution is -2.37. The lowest BCUT2D eigenvalue weighted by atomic mass is 9.74. The number of aromatic hydroxyl groups is 1. The van der Waals surface area contributed by atoms with Gasteiger partial charge in [-0.1, -0.05) is 18.5 Å². The van der Waals surface area contributed by atoms with Crippen LogP contribution in [0.5, 0.6) is 17.2 Å². The van der Waals surface area contributed by atoms with Crippen LogP contribution in [0.15, 0.2) is 18.2 Å². The molecule has 0 saturated carbocycles. The van der Waals surface area contributed by atoms with Crippen molar-refractivity contribution in [2.45, 2.75) is 19.9 Å². The predicted octanol–water partition coefficient (Wildman–Crippen LogP) is 3.39. The lowest BCUT2D eigenvalue weighted by molar-refractivity contribution is 0.0740. The molecular weight excluding hydrogens is 408 g/mol. The molecule has 1 aromatic heterocycles. The second-order valence-electron chi connectivity index (χ2n) is 7.74. The van der Waals surface area contributed by atoms with Gasteiger partial charge in [-0.2, -0.15) is 0 Å². The van der Waals surface area contributed by atoms with Crippen molar-refractivity contribution < 1.29 is 24.2 Å². The van der Waals surface area contributed by atoms with E-state index in [0.29, 0.717) is 24.2 Å². The molecule has 2 aromatic rings. The van der Waals surface area contributed by atoms with E-state index in [1.54, 1.807) is 12.1 Å². The van der Waals surface area contributed by atoms with Crippen molar-refractivity contribution in [3.63, 3.8) is 0 Å². The number of nitrogens with zero attached hydrogens (tertiary/aromatic N) is 2. The molecule has 0 aliphatic heterocycles. The fourth-order valence-electron chi connectivity index (χ4n) is 3.87. The van der Waals surface area contributed by atoms with E-state index in [1.807, 2.05) is 25.9 Å². The number of phenolic OH excluding ortho intramolecular Hbond substituents is 1. The van der Waals surface area contributed by atoms with Gasteiger partial charge in [-0.3, -0.25) is 14.6 Å². The van der Waals surface area contributed by atoms with Gasteiger partial charge >= 0.3 is 0 Å². The number of hydrogen-bond donors (Lipinski definition) is 1. The number of ether oxygens (including phenoxy) is 2. The summed E-state index contributed by atoms with van der Waals surface area (Å²) in [6, 6.07) is 4.96. The Morgan fingerprint density at radius 3 is 2.53 bits per heavy atom. The van der Waals surface area contributed by atoms with Gasteiger partial charge in [0.1, 0.15) is 22.1 Å². The summed E-state index contributed by atoms with van der Waals surface area (Å²) in [4.78, 5) is 33.3. The zero-order valence-corrected chi connectivity index (χ0v) is 18.4. The van der Waals surface area contributed by atoms with Crippen LogP contribution in [0.25, 0.3) is 0 Å². The number of rotatable bonds is 6. The molecule has 160 valence electrons. The van der Waals surface area contributed by atoms with E-state index in [4.69, 9.17) is 21.1 Å². The smallest absolute Gasteiger partial charge is 0.181 e. The topological polar surface area (TPSA) is 89.0 Å². The van der Waals surface area contributed by atoms with Gasteiger partial charge in [-0.05, 0) is 38.6 Å². The summed E-state index contributed by atoms with van der Waals surface area (Å²) in [5.41, 5.74) is 1.88. The average molecular weight is 433 g/mol. The molecule has 8 heteroatoms. The normalized spacial score (nSPS) is 18.3. The average Bonchev–Trinajstić information content (AvgIpc) is 2.68. The molecule has 1 N–H and O–H groups in total. The van der Waals surface area contributed by atoms with Crippen LogP contribution in [0, 0.1) is 11.8 Å². The molecule has 3 rings (SSSR count). The molecule has 0 saturated heterocycles. The third-order valence-corrected chi connectivity index (χ3v) is 5.65. The number of phenols is 1. The predicted molar refractivity (Wildman–Crippen MR) is 113 cm³/mol. The van der Waals surface area contributed by atoms with Crippen molar-refractivity contribution >= 4 is 23.2 Å². The first kappa shape index (κ1) is 22.1. The first-order chi connectivity index (χ1) is 14.2. The maximum atomic E-state index is 13.4.